The molecular weight excluding hydrogens is 308 g/mol. The zero-order chi connectivity index (χ0) is 14.0. The number of carbonyl (C=O) groups is 1. The van der Waals surface area contributed by atoms with Crippen LogP contribution in [0.5, 0.6) is 0 Å². The Balaban J connectivity index is 2.13. The van der Waals surface area contributed by atoms with Crippen molar-refractivity contribution in [2.45, 2.75) is 19.9 Å². The van der Waals surface area contributed by atoms with Gasteiger partial charge in [0, 0.05) is 4.47 Å². The van der Waals surface area contributed by atoms with Crippen molar-refractivity contribution in [1.29, 1.82) is 0 Å². The lowest BCUT2D eigenvalue weighted by molar-refractivity contribution is 0.0935. The number of aromatic amines is 1. The first-order valence-electron chi connectivity index (χ1n) is 5.86. The molecule has 2 rings (SSSR count). The Morgan fingerprint density at radius 1 is 1.53 bits per heavy atom. The van der Waals surface area contributed by atoms with E-state index in [1.165, 1.54) is 0 Å². The molecule has 1 aromatic carbocycles. The maximum absolute atomic E-state index is 12.1. The molecule has 0 radical (unpaired) electrons. The number of aryl methyl sites for hydroxylation is 1. The first-order valence-corrected chi connectivity index (χ1v) is 6.65. The number of amides is 1. The fraction of sp³-hybridized carbons (Fsp3) is 0.231. The first kappa shape index (κ1) is 13.6. The predicted molar refractivity (Wildman–Crippen MR) is 77.8 cm³/mol. The molecule has 0 spiro atoms. The van der Waals surface area contributed by atoms with Crippen LogP contribution < -0.4 is 11.1 Å². The van der Waals surface area contributed by atoms with Crippen LogP contribution in [-0.2, 0) is 0 Å². The van der Waals surface area contributed by atoms with E-state index in [2.05, 4.69) is 31.4 Å². The molecule has 0 aliphatic heterocycles. The van der Waals surface area contributed by atoms with Gasteiger partial charge in [0.05, 0.1) is 17.4 Å². The zero-order valence-corrected chi connectivity index (χ0v) is 12.3. The SMILES string of the molecule is Cc1[nH]nc(C(=O)NC(C)c2cccc(Br)c2)c1N. The number of halogens is 1. The fourth-order valence-electron chi connectivity index (χ4n) is 1.74. The van der Waals surface area contributed by atoms with E-state index >= 15 is 0 Å². The van der Waals surface area contributed by atoms with Gasteiger partial charge in [-0.15, -0.1) is 0 Å². The van der Waals surface area contributed by atoms with Crippen molar-refractivity contribution >= 4 is 27.5 Å². The Morgan fingerprint density at radius 3 is 2.84 bits per heavy atom. The highest BCUT2D eigenvalue weighted by molar-refractivity contribution is 9.10. The van der Waals surface area contributed by atoms with E-state index < -0.39 is 0 Å². The Kier molecular flexibility index (Phi) is 3.90. The third-order valence-electron chi connectivity index (χ3n) is 2.91. The van der Waals surface area contributed by atoms with Crippen LogP contribution in [0.3, 0.4) is 0 Å². The molecule has 0 saturated heterocycles. The van der Waals surface area contributed by atoms with Crippen molar-refractivity contribution in [3.8, 4) is 0 Å². The molecule has 0 fully saturated rings. The topological polar surface area (TPSA) is 83.8 Å². The number of anilines is 1. The number of carbonyl (C=O) groups excluding carboxylic acids is 1. The van der Waals surface area contributed by atoms with Crippen molar-refractivity contribution in [3.63, 3.8) is 0 Å². The summed E-state index contributed by atoms with van der Waals surface area (Å²) >= 11 is 3.41. The molecular formula is C13H15BrN4O. The third-order valence-corrected chi connectivity index (χ3v) is 3.40. The number of nitrogen functional groups attached to an aromatic ring is 1. The maximum atomic E-state index is 12.1. The summed E-state index contributed by atoms with van der Waals surface area (Å²) in [5, 5.41) is 9.48. The Labute approximate surface area is 119 Å². The van der Waals surface area contributed by atoms with Crippen LogP contribution in [0.25, 0.3) is 0 Å². The number of aromatic nitrogens is 2. The van der Waals surface area contributed by atoms with Gasteiger partial charge in [-0.25, -0.2) is 0 Å². The number of nitrogens with zero attached hydrogens (tertiary/aromatic N) is 1. The molecule has 2 aromatic rings. The second-order valence-corrected chi connectivity index (χ2v) is 5.28. The average Bonchev–Trinajstić information content (AvgIpc) is 2.70. The molecule has 0 saturated carbocycles. The molecule has 1 aromatic heterocycles. The number of nitrogens with two attached hydrogens (primary N) is 1. The second-order valence-electron chi connectivity index (χ2n) is 4.36. The lowest BCUT2D eigenvalue weighted by Crippen LogP contribution is -2.27. The minimum Gasteiger partial charge on any atom is -0.395 e. The number of hydrogen-bond donors (Lipinski definition) is 3. The molecule has 0 aliphatic carbocycles. The van der Waals surface area contributed by atoms with Gasteiger partial charge in [0.2, 0.25) is 0 Å². The summed E-state index contributed by atoms with van der Waals surface area (Å²) < 4.78 is 0.973. The van der Waals surface area contributed by atoms with Crippen LogP contribution in [0.4, 0.5) is 5.69 Å². The minimum absolute atomic E-state index is 0.124. The molecule has 0 bridgehead atoms. The largest absolute Gasteiger partial charge is 0.395 e. The van der Waals surface area contributed by atoms with Gasteiger partial charge in [0.15, 0.2) is 5.69 Å². The fourth-order valence-corrected chi connectivity index (χ4v) is 2.15. The van der Waals surface area contributed by atoms with Gasteiger partial charge in [-0.2, -0.15) is 5.10 Å². The summed E-state index contributed by atoms with van der Waals surface area (Å²) in [6.45, 7) is 3.69. The van der Waals surface area contributed by atoms with Crippen molar-refractivity contribution in [2.75, 3.05) is 5.73 Å². The van der Waals surface area contributed by atoms with Crippen LogP contribution in [0.15, 0.2) is 28.7 Å². The highest BCUT2D eigenvalue weighted by Crippen LogP contribution is 2.19. The zero-order valence-electron chi connectivity index (χ0n) is 10.7. The van der Waals surface area contributed by atoms with Crippen molar-refractivity contribution in [1.82, 2.24) is 15.5 Å². The molecule has 1 amide bonds. The van der Waals surface area contributed by atoms with Crippen LogP contribution in [0.1, 0.15) is 34.7 Å². The lowest BCUT2D eigenvalue weighted by atomic mass is 10.1. The monoisotopic (exact) mass is 322 g/mol. The molecule has 1 unspecified atom stereocenters. The van der Waals surface area contributed by atoms with Crippen molar-refractivity contribution in [3.05, 3.63) is 45.7 Å². The van der Waals surface area contributed by atoms with E-state index in [0.29, 0.717) is 11.4 Å². The highest BCUT2D eigenvalue weighted by atomic mass is 79.9. The number of benzene rings is 1. The van der Waals surface area contributed by atoms with Gasteiger partial charge in [-0.05, 0) is 31.5 Å². The van der Waals surface area contributed by atoms with Crippen LogP contribution in [-0.4, -0.2) is 16.1 Å². The van der Waals surface area contributed by atoms with Crippen molar-refractivity contribution in [2.24, 2.45) is 0 Å². The first-order chi connectivity index (χ1) is 8.99. The average molecular weight is 323 g/mol. The molecule has 100 valence electrons. The van der Waals surface area contributed by atoms with Crippen molar-refractivity contribution < 1.29 is 4.79 Å². The Hall–Kier alpha value is -1.82. The second kappa shape index (κ2) is 5.44. The molecule has 1 heterocycles. The summed E-state index contributed by atoms with van der Waals surface area (Å²) in [6.07, 6.45) is 0. The Bertz CT molecular complexity index is 608. The van der Waals surface area contributed by atoms with Crippen LogP contribution in [0, 0.1) is 6.92 Å². The predicted octanol–water partition coefficient (Wildman–Crippen LogP) is 2.55. The van der Waals surface area contributed by atoms with E-state index in [-0.39, 0.29) is 17.6 Å². The van der Waals surface area contributed by atoms with Gasteiger partial charge in [-0.3, -0.25) is 9.89 Å². The standard InChI is InChI=1S/C13H15BrN4O/c1-7(9-4-3-5-10(14)6-9)16-13(19)12-11(15)8(2)17-18-12/h3-7H,15H2,1-2H3,(H,16,19)(H,17,18). The summed E-state index contributed by atoms with van der Waals surface area (Å²) in [5.74, 6) is -0.283. The number of H-pyrrole nitrogens is 1. The normalized spacial score (nSPS) is 12.2. The number of nitrogens with one attached hydrogen (secondary N) is 2. The van der Waals surface area contributed by atoms with Gasteiger partial charge in [0.25, 0.3) is 5.91 Å². The summed E-state index contributed by atoms with van der Waals surface area (Å²) in [7, 11) is 0. The van der Waals surface area contributed by atoms with Crippen LogP contribution in [0.2, 0.25) is 0 Å². The molecule has 5 nitrogen and oxygen atoms in total. The van der Waals surface area contributed by atoms with E-state index in [1.54, 1.807) is 6.92 Å². The van der Waals surface area contributed by atoms with E-state index in [4.69, 9.17) is 5.73 Å². The summed E-state index contributed by atoms with van der Waals surface area (Å²) in [6, 6.07) is 7.66. The number of hydrogen-bond acceptors (Lipinski definition) is 3. The van der Waals surface area contributed by atoms with E-state index in [0.717, 1.165) is 10.0 Å². The van der Waals surface area contributed by atoms with E-state index in [1.807, 2.05) is 31.2 Å². The molecule has 6 heteroatoms. The quantitative estimate of drug-likeness (QED) is 0.812. The van der Waals surface area contributed by atoms with Crippen LogP contribution >= 0.6 is 15.9 Å². The summed E-state index contributed by atoms with van der Waals surface area (Å²) in [5.41, 5.74) is 8.11. The molecule has 1 atom stereocenters. The van der Waals surface area contributed by atoms with E-state index in [9.17, 15) is 4.79 Å². The Morgan fingerprint density at radius 2 is 2.26 bits per heavy atom. The van der Waals surface area contributed by atoms with Gasteiger partial charge in [-0.1, -0.05) is 28.1 Å². The molecule has 0 aliphatic rings. The lowest BCUT2D eigenvalue weighted by Gasteiger charge is -2.14. The maximum Gasteiger partial charge on any atom is 0.274 e. The highest BCUT2D eigenvalue weighted by Gasteiger charge is 2.17. The minimum atomic E-state index is -0.283. The smallest absolute Gasteiger partial charge is 0.274 e. The summed E-state index contributed by atoms with van der Waals surface area (Å²) in [4.78, 5) is 12.1. The van der Waals surface area contributed by atoms with Gasteiger partial charge >= 0.3 is 0 Å². The van der Waals surface area contributed by atoms with Gasteiger partial charge < -0.3 is 11.1 Å². The third kappa shape index (κ3) is 2.96. The van der Waals surface area contributed by atoms with Gasteiger partial charge in [0.1, 0.15) is 0 Å². The number of rotatable bonds is 3. The molecule has 19 heavy (non-hydrogen) atoms. The molecule has 4 N–H and O–H groups in total.